The number of methoxy groups -OCH3 is 1. The van der Waals surface area contributed by atoms with E-state index < -0.39 is 5.60 Å². The molecule has 1 aromatic carbocycles. The third kappa shape index (κ3) is 3.37. The fourth-order valence-corrected chi connectivity index (χ4v) is 3.36. The van der Waals surface area contributed by atoms with Crippen LogP contribution in [0.2, 0.25) is 0 Å². The summed E-state index contributed by atoms with van der Waals surface area (Å²) in [6, 6.07) is 4.43. The van der Waals surface area contributed by atoms with Gasteiger partial charge in [0.15, 0.2) is 0 Å². The van der Waals surface area contributed by atoms with E-state index in [0.29, 0.717) is 6.10 Å². The normalized spacial score (nSPS) is 27.5. The Bertz CT molecular complexity index is 420. The Balaban J connectivity index is 2.13. The summed E-state index contributed by atoms with van der Waals surface area (Å²) < 4.78 is 5.39. The first-order valence-corrected chi connectivity index (χ1v) is 7.25. The van der Waals surface area contributed by atoms with E-state index in [2.05, 4.69) is 32.9 Å². The molecular formula is C17H26O2. The average molecular weight is 262 g/mol. The average Bonchev–Trinajstić information content (AvgIpc) is 2.35. The summed E-state index contributed by atoms with van der Waals surface area (Å²) in [5, 5.41) is 10.8. The van der Waals surface area contributed by atoms with Crippen molar-refractivity contribution >= 4 is 0 Å². The molecule has 0 aliphatic heterocycles. The molecule has 0 heterocycles. The van der Waals surface area contributed by atoms with Crippen molar-refractivity contribution in [3.8, 4) is 0 Å². The van der Waals surface area contributed by atoms with E-state index in [-0.39, 0.29) is 0 Å². The van der Waals surface area contributed by atoms with Crippen LogP contribution in [0.25, 0.3) is 0 Å². The molecule has 106 valence electrons. The monoisotopic (exact) mass is 262 g/mol. The zero-order valence-electron chi connectivity index (χ0n) is 12.6. The van der Waals surface area contributed by atoms with Gasteiger partial charge in [-0.15, -0.1) is 0 Å². The molecular weight excluding hydrogens is 236 g/mol. The molecule has 2 nitrogen and oxygen atoms in total. The second-order valence-corrected chi connectivity index (χ2v) is 6.21. The van der Waals surface area contributed by atoms with Crippen LogP contribution in [0.15, 0.2) is 12.1 Å². The van der Waals surface area contributed by atoms with E-state index in [0.717, 1.165) is 32.1 Å². The van der Waals surface area contributed by atoms with Crippen LogP contribution in [0.3, 0.4) is 0 Å². The zero-order chi connectivity index (χ0) is 14.0. The third-order valence-electron chi connectivity index (χ3n) is 4.54. The molecule has 0 atom stereocenters. The first kappa shape index (κ1) is 14.5. The van der Waals surface area contributed by atoms with Gasteiger partial charge in [0.1, 0.15) is 0 Å². The molecule has 2 heteroatoms. The topological polar surface area (TPSA) is 29.5 Å². The second-order valence-electron chi connectivity index (χ2n) is 6.21. The van der Waals surface area contributed by atoms with E-state index in [1.54, 1.807) is 7.11 Å². The molecule has 0 saturated heterocycles. The summed E-state index contributed by atoms with van der Waals surface area (Å²) in [4.78, 5) is 0. The standard InChI is InChI=1S/C17H26O2/c1-12-9-13(2)16(14(3)10-12)11-17(18)7-5-15(19-4)6-8-17/h9-10,15,18H,5-8,11H2,1-4H3. The number of rotatable bonds is 3. The Kier molecular flexibility index (Phi) is 4.32. The first-order valence-electron chi connectivity index (χ1n) is 7.25. The Hall–Kier alpha value is -0.860. The molecule has 1 fully saturated rings. The minimum atomic E-state index is -0.542. The Morgan fingerprint density at radius 3 is 2.16 bits per heavy atom. The quantitative estimate of drug-likeness (QED) is 0.903. The molecule has 0 amide bonds. The lowest BCUT2D eigenvalue weighted by atomic mass is 9.77. The lowest BCUT2D eigenvalue weighted by molar-refractivity contribution is -0.0428. The summed E-state index contributed by atoms with van der Waals surface area (Å²) in [7, 11) is 1.77. The van der Waals surface area contributed by atoms with E-state index in [4.69, 9.17) is 4.74 Å². The number of ether oxygens (including phenoxy) is 1. The third-order valence-corrected chi connectivity index (χ3v) is 4.54. The van der Waals surface area contributed by atoms with E-state index in [9.17, 15) is 5.11 Å². The first-order chi connectivity index (χ1) is 8.93. The highest BCUT2D eigenvalue weighted by Crippen LogP contribution is 2.34. The summed E-state index contributed by atoms with van der Waals surface area (Å²) in [5.74, 6) is 0. The van der Waals surface area contributed by atoms with Crippen LogP contribution < -0.4 is 0 Å². The Morgan fingerprint density at radius 1 is 1.16 bits per heavy atom. The van der Waals surface area contributed by atoms with Gasteiger partial charge in [0.05, 0.1) is 11.7 Å². The van der Waals surface area contributed by atoms with Gasteiger partial charge in [-0.2, -0.15) is 0 Å². The molecule has 0 unspecified atom stereocenters. The maximum Gasteiger partial charge on any atom is 0.0690 e. The highest BCUT2D eigenvalue weighted by atomic mass is 16.5. The molecule has 19 heavy (non-hydrogen) atoms. The van der Waals surface area contributed by atoms with Crippen molar-refractivity contribution in [3.63, 3.8) is 0 Å². The van der Waals surface area contributed by atoms with Gasteiger partial charge < -0.3 is 9.84 Å². The van der Waals surface area contributed by atoms with Crippen molar-refractivity contribution in [2.45, 2.75) is 64.6 Å². The summed E-state index contributed by atoms with van der Waals surface area (Å²) in [6.45, 7) is 6.43. The SMILES string of the molecule is COC1CCC(O)(Cc2c(C)cc(C)cc2C)CC1. The maximum atomic E-state index is 10.8. The molecule has 1 aliphatic carbocycles. The fraction of sp³-hybridized carbons (Fsp3) is 0.647. The van der Waals surface area contributed by atoms with Crippen LogP contribution in [-0.4, -0.2) is 23.9 Å². The van der Waals surface area contributed by atoms with Gasteiger partial charge in [0, 0.05) is 13.5 Å². The number of hydrogen-bond donors (Lipinski definition) is 1. The molecule has 1 saturated carbocycles. The molecule has 0 aromatic heterocycles. The highest BCUT2D eigenvalue weighted by Gasteiger charge is 2.34. The second kappa shape index (κ2) is 5.64. The van der Waals surface area contributed by atoms with Crippen molar-refractivity contribution in [1.82, 2.24) is 0 Å². The van der Waals surface area contributed by atoms with Crippen LogP contribution >= 0.6 is 0 Å². The lowest BCUT2D eigenvalue weighted by Gasteiger charge is -2.36. The summed E-state index contributed by atoms with van der Waals surface area (Å²) in [6.07, 6.45) is 4.74. The molecule has 1 aromatic rings. The van der Waals surface area contributed by atoms with Crippen LogP contribution in [0, 0.1) is 20.8 Å². The lowest BCUT2D eigenvalue weighted by Crippen LogP contribution is -2.38. The van der Waals surface area contributed by atoms with Crippen LogP contribution in [0.4, 0.5) is 0 Å². The van der Waals surface area contributed by atoms with Gasteiger partial charge in [0.2, 0.25) is 0 Å². The van der Waals surface area contributed by atoms with E-state index in [1.165, 1.54) is 22.3 Å². The Morgan fingerprint density at radius 2 is 1.68 bits per heavy atom. The number of aryl methyl sites for hydroxylation is 3. The highest BCUT2D eigenvalue weighted by molar-refractivity contribution is 5.38. The minimum Gasteiger partial charge on any atom is -0.390 e. The van der Waals surface area contributed by atoms with E-state index in [1.807, 2.05) is 0 Å². The van der Waals surface area contributed by atoms with Crippen molar-refractivity contribution in [3.05, 3.63) is 34.4 Å². The molecule has 0 radical (unpaired) electrons. The predicted molar refractivity (Wildman–Crippen MR) is 78.6 cm³/mol. The largest absolute Gasteiger partial charge is 0.390 e. The van der Waals surface area contributed by atoms with Gasteiger partial charge in [-0.05, 0) is 63.1 Å². The van der Waals surface area contributed by atoms with Gasteiger partial charge in [0.25, 0.3) is 0 Å². The summed E-state index contributed by atoms with van der Waals surface area (Å²) in [5.41, 5.74) is 4.69. The van der Waals surface area contributed by atoms with Crippen molar-refractivity contribution in [2.75, 3.05) is 7.11 Å². The number of aliphatic hydroxyl groups is 1. The minimum absolute atomic E-state index is 0.334. The van der Waals surface area contributed by atoms with Gasteiger partial charge in [-0.1, -0.05) is 17.7 Å². The van der Waals surface area contributed by atoms with Gasteiger partial charge in [-0.25, -0.2) is 0 Å². The molecule has 0 spiro atoms. The fourth-order valence-electron chi connectivity index (χ4n) is 3.36. The molecule has 1 aliphatic rings. The molecule has 1 N–H and O–H groups in total. The van der Waals surface area contributed by atoms with Crippen molar-refractivity contribution in [1.29, 1.82) is 0 Å². The Labute approximate surface area is 116 Å². The predicted octanol–water partition coefficient (Wildman–Crippen LogP) is 3.47. The van der Waals surface area contributed by atoms with Crippen molar-refractivity contribution < 1.29 is 9.84 Å². The number of benzene rings is 1. The van der Waals surface area contributed by atoms with Crippen LogP contribution in [0.1, 0.15) is 47.9 Å². The van der Waals surface area contributed by atoms with Crippen LogP contribution in [-0.2, 0) is 11.2 Å². The number of hydrogen-bond acceptors (Lipinski definition) is 2. The smallest absolute Gasteiger partial charge is 0.0690 e. The van der Waals surface area contributed by atoms with Crippen molar-refractivity contribution in [2.24, 2.45) is 0 Å². The van der Waals surface area contributed by atoms with E-state index >= 15 is 0 Å². The zero-order valence-corrected chi connectivity index (χ0v) is 12.6. The van der Waals surface area contributed by atoms with Gasteiger partial charge in [-0.3, -0.25) is 0 Å². The van der Waals surface area contributed by atoms with Gasteiger partial charge >= 0.3 is 0 Å². The maximum absolute atomic E-state index is 10.8. The molecule has 0 bridgehead atoms. The molecule has 2 rings (SSSR count). The summed E-state index contributed by atoms with van der Waals surface area (Å²) >= 11 is 0. The van der Waals surface area contributed by atoms with Crippen LogP contribution in [0.5, 0.6) is 0 Å².